The van der Waals surface area contributed by atoms with Crippen molar-refractivity contribution in [1.82, 2.24) is 9.88 Å². The molecular weight excluding hydrogens is 411 g/mol. The zero-order valence-corrected chi connectivity index (χ0v) is 18.5. The van der Waals surface area contributed by atoms with Gasteiger partial charge < -0.3 is 9.64 Å². The highest BCUT2D eigenvalue weighted by molar-refractivity contribution is 7.20. The van der Waals surface area contributed by atoms with Gasteiger partial charge in [-0.15, -0.1) is 0 Å². The minimum atomic E-state index is -0.286. The summed E-state index contributed by atoms with van der Waals surface area (Å²) in [5.74, 6) is 1.47. The smallest absolute Gasteiger partial charge is 0.279 e. The number of carbonyl (C=O) groups excluding carboxylic acids is 1. The molecule has 0 saturated carbocycles. The number of fused-ring (bicyclic) bond motifs is 3. The Hall–Kier alpha value is -2.47. The molecule has 4 nitrogen and oxygen atoms in total. The molecule has 2 aromatic carbocycles. The van der Waals surface area contributed by atoms with E-state index in [2.05, 4.69) is 22.0 Å². The van der Waals surface area contributed by atoms with E-state index in [1.54, 1.807) is 13.0 Å². The lowest BCUT2D eigenvalue weighted by atomic mass is 9.86. The van der Waals surface area contributed by atoms with Crippen LogP contribution in [0.25, 0.3) is 10.2 Å². The summed E-state index contributed by atoms with van der Waals surface area (Å²) in [4.78, 5) is 18.4. The predicted molar refractivity (Wildman–Crippen MR) is 121 cm³/mol. The molecule has 2 fully saturated rings. The second kappa shape index (κ2) is 8.58. The first-order valence-electron chi connectivity index (χ1n) is 11.2. The van der Waals surface area contributed by atoms with E-state index in [4.69, 9.17) is 4.74 Å². The third kappa shape index (κ3) is 4.45. The number of thiazole rings is 1. The summed E-state index contributed by atoms with van der Waals surface area (Å²) in [6, 6.07) is 13.8. The van der Waals surface area contributed by atoms with Crippen molar-refractivity contribution in [2.45, 2.75) is 64.0 Å². The van der Waals surface area contributed by atoms with Crippen LogP contribution in [0.3, 0.4) is 0 Å². The average Bonchev–Trinajstić information content (AvgIpc) is 3.26. The van der Waals surface area contributed by atoms with E-state index in [1.165, 1.54) is 67.6 Å². The van der Waals surface area contributed by atoms with Crippen molar-refractivity contribution in [3.63, 3.8) is 0 Å². The van der Waals surface area contributed by atoms with Crippen molar-refractivity contribution in [3.8, 4) is 10.9 Å². The Kier molecular flexibility index (Phi) is 5.65. The van der Waals surface area contributed by atoms with Crippen molar-refractivity contribution in [1.29, 1.82) is 0 Å². The van der Waals surface area contributed by atoms with Gasteiger partial charge in [0, 0.05) is 25.1 Å². The van der Waals surface area contributed by atoms with Crippen LogP contribution < -0.4 is 4.74 Å². The monoisotopic (exact) mass is 438 g/mol. The van der Waals surface area contributed by atoms with Crippen molar-refractivity contribution < 1.29 is 13.9 Å². The van der Waals surface area contributed by atoms with Gasteiger partial charge in [0.25, 0.3) is 5.19 Å². The summed E-state index contributed by atoms with van der Waals surface area (Å²) in [5.41, 5.74) is 1.93. The number of aryl methyl sites for hydroxylation is 1. The quantitative estimate of drug-likeness (QED) is 0.451. The Bertz CT molecular complexity index is 1070. The first kappa shape index (κ1) is 20.4. The molecule has 0 spiro atoms. The topological polar surface area (TPSA) is 42.4 Å². The molecule has 1 aromatic heterocycles. The number of nitrogens with zero attached hydrogens (tertiary/aromatic N) is 2. The number of ether oxygens (including phenoxy) is 1. The number of rotatable bonds is 6. The SMILES string of the molecule is CC(=O)N1[C@@H]2CC[C@H]1CC(CCCc1ccc(Oc3nc4cc(F)ccc4s3)cc1)C2. The zero-order chi connectivity index (χ0) is 21.4. The predicted octanol–water partition coefficient (Wildman–Crippen LogP) is 6.34. The Morgan fingerprint density at radius 2 is 1.90 bits per heavy atom. The fourth-order valence-corrected chi connectivity index (χ4v) is 6.20. The van der Waals surface area contributed by atoms with Crippen LogP contribution in [0.4, 0.5) is 4.39 Å². The number of aromatic nitrogens is 1. The molecule has 5 rings (SSSR count). The second-order valence-electron chi connectivity index (χ2n) is 8.88. The van der Waals surface area contributed by atoms with E-state index in [0.717, 1.165) is 22.8 Å². The van der Waals surface area contributed by atoms with Gasteiger partial charge >= 0.3 is 0 Å². The van der Waals surface area contributed by atoms with Crippen LogP contribution in [-0.4, -0.2) is 27.9 Å². The lowest BCUT2D eigenvalue weighted by Crippen LogP contribution is -2.45. The molecule has 6 heteroatoms. The van der Waals surface area contributed by atoms with E-state index in [-0.39, 0.29) is 11.7 Å². The maximum atomic E-state index is 13.3. The third-order valence-electron chi connectivity index (χ3n) is 6.73. The number of hydrogen-bond acceptors (Lipinski definition) is 4. The van der Waals surface area contributed by atoms with E-state index < -0.39 is 0 Å². The van der Waals surface area contributed by atoms with Gasteiger partial charge in [0.05, 0.1) is 10.2 Å². The van der Waals surface area contributed by atoms with Gasteiger partial charge in [-0.1, -0.05) is 23.5 Å². The van der Waals surface area contributed by atoms with Gasteiger partial charge in [-0.2, -0.15) is 0 Å². The molecule has 1 amide bonds. The van der Waals surface area contributed by atoms with Crippen molar-refractivity contribution in [2.75, 3.05) is 0 Å². The molecule has 2 saturated heterocycles. The summed E-state index contributed by atoms with van der Waals surface area (Å²) in [5, 5.41) is 0.528. The minimum Gasteiger partial charge on any atom is -0.431 e. The standard InChI is InChI=1S/C25H27FN2O2S/c1-16(29)28-20-8-9-21(28)14-18(13-20)4-2-3-17-5-10-22(11-6-17)30-25-27-23-15-19(26)7-12-24(23)31-25/h5-7,10-12,15,18,20-21H,2-4,8-9,13-14H2,1H3/t18?,20-,21+. The molecule has 3 heterocycles. The van der Waals surface area contributed by atoms with E-state index in [0.29, 0.717) is 22.8 Å². The average molecular weight is 439 g/mol. The van der Waals surface area contributed by atoms with Crippen LogP contribution in [0.1, 0.15) is 51.0 Å². The van der Waals surface area contributed by atoms with Crippen LogP contribution >= 0.6 is 11.3 Å². The van der Waals surface area contributed by atoms with E-state index >= 15 is 0 Å². The molecule has 0 aliphatic carbocycles. The maximum Gasteiger partial charge on any atom is 0.279 e. The molecule has 3 atom stereocenters. The summed E-state index contributed by atoms with van der Waals surface area (Å²) in [6.45, 7) is 1.72. The molecule has 31 heavy (non-hydrogen) atoms. The van der Waals surface area contributed by atoms with Gasteiger partial charge in [-0.05, 0) is 80.7 Å². The number of carbonyl (C=O) groups is 1. The fourth-order valence-electron chi connectivity index (χ4n) is 5.38. The third-order valence-corrected chi connectivity index (χ3v) is 7.65. The summed E-state index contributed by atoms with van der Waals surface area (Å²) >= 11 is 1.42. The van der Waals surface area contributed by atoms with Crippen LogP contribution in [0, 0.1) is 11.7 Å². The first-order chi connectivity index (χ1) is 15.0. The molecule has 1 unspecified atom stereocenters. The Labute approximate surface area is 186 Å². The number of amides is 1. The maximum absolute atomic E-state index is 13.3. The van der Waals surface area contributed by atoms with Crippen molar-refractivity contribution >= 4 is 27.5 Å². The zero-order valence-electron chi connectivity index (χ0n) is 17.7. The second-order valence-corrected chi connectivity index (χ2v) is 9.87. The van der Waals surface area contributed by atoms with Crippen molar-refractivity contribution in [2.24, 2.45) is 5.92 Å². The highest BCUT2D eigenvalue weighted by Gasteiger charge is 2.41. The normalized spacial score (nSPS) is 22.8. The van der Waals surface area contributed by atoms with E-state index in [9.17, 15) is 9.18 Å². The molecule has 2 aliphatic heterocycles. The van der Waals surface area contributed by atoms with Crippen molar-refractivity contribution in [3.05, 3.63) is 53.8 Å². The number of hydrogen-bond donors (Lipinski definition) is 0. The molecule has 3 aromatic rings. The van der Waals surface area contributed by atoms with E-state index in [1.807, 2.05) is 12.1 Å². The molecule has 162 valence electrons. The van der Waals surface area contributed by atoms with Crippen LogP contribution in [-0.2, 0) is 11.2 Å². The van der Waals surface area contributed by atoms with Gasteiger partial charge in [0.2, 0.25) is 5.91 Å². The number of halogens is 1. The molecule has 0 N–H and O–H groups in total. The number of piperidine rings is 1. The van der Waals surface area contributed by atoms with Crippen LogP contribution in [0.5, 0.6) is 10.9 Å². The Morgan fingerprint density at radius 3 is 2.61 bits per heavy atom. The Morgan fingerprint density at radius 1 is 1.16 bits per heavy atom. The van der Waals surface area contributed by atoms with Gasteiger partial charge in [-0.25, -0.2) is 9.37 Å². The van der Waals surface area contributed by atoms with Gasteiger partial charge in [-0.3, -0.25) is 4.79 Å². The summed E-state index contributed by atoms with van der Waals surface area (Å²) in [7, 11) is 0. The summed E-state index contributed by atoms with van der Waals surface area (Å²) in [6.07, 6.45) is 8.19. The lowest BCUT2D eigenvalue weighted by molar-refractivity contribution is -0.133. The van der Waals surface area contributed by atoms with Gasteiger partial charge in [0.1, 0.15) is 11.6 Å². The molecular formula is C25H27FN2O2S. The molecule has 0 radical (unpaired) electrons. The largest absolute Gasteiger partial charge is 0.431 e. The summed E-state index contributed by atoms with van der Waals surface area (Å²) < 4.78 is 20.1. The number of benzene rings is 2. The van der Waals surface area contributed by atoms with Crippen LogP contribution in [0.15, 0.2) is 42.5 Å². The molecule has 2 aliphatic rings. The highest BCUT2D eigenvalue weighted by Crippen LogP contribution is 2.40. The lowest BCUT2D eigenvalue weighted by Gasteiger charge is -2.38. The van der Waals surface area contributed by atoms with Gasteiger partial charge in [0.15, 0.2) is 0 Å². The first-order valence-corrected chi connectivity index (χ1v) is 12.0. The van der Waals surface area contributed by atoms with Crippen LogP contribution in [0.2, 0.25) is 0 Å². The minimum absolute atomic E-state index is 0.256. The Balaban J connectivity index is 1.12. The molecule has 2 bridgehead atoms. The fraction of sp³-hybridized carbons (Fsp3) is 0.440. The highest BCUT2D eigenvalue weighted by atomic mass is 32.1.